The monoisotopic (exact) mass is 1020 g/mol. The fourth-order valence-corrected chi connectivity index (χ4v) is 13.4. The zero-order valence-corrected chi connectivity index (χ0v) is 44.0. The second kappa shape index (κ2) is 19.6. The molecule has 2 aliphatic rings. The van der Waals surface area contributed by atoms with Crippen molar-refractivity contribution in [2.45, 2.75) is 63.2 Å². The van der Waals surface area contributed by atoms with Crippen LogP contribution < -0.4 is 9.80 Å². The summed E-state index contributed by atoms with van der Waals surface area (Å²) in [6.07, 6.45) is 9.55. The number of anilines is 6. The molecule has 0 atom stereocenters. The Morgan fingerprint density at radius 1 is 0.329 bits per heavy atom. The van der Waals surface area contributed by atoms with Crippen LogP contribution in [0.3, 0.4) is 0 Å². The summed E-state index contributed by atoms with van der Waals surface area (Å²) >= 11 is 0. The Balaban J connectivity index is 0.919. The second-order valence-corrected chi connectivity index (χ2v) is 21.8. The number of hydrogen-bond donors (Lipinski definition) is 1. The Morgan fingerprint density at radius 3 is 1.49 bits per heavy atom. The topological polar surface area (TPSA) is 53.0 Å². The van der Waals surface area contributed by atoms with Crippen molar-refractivity contribution < 1.29 is 13.9 Å². The molecule has 0 saturated heterocycles. The van der Waals surface area contributed by atoms with E-state index in [1.54, 1.807) is 0 Å². The van der Waals surface area contributed by atoms with Crippen LogP contribution in [0.15, 0.2) is 245 Å². The van der Waals surface area contributed by atoms with Gasteiger partial charge in [-0.05, 0) is 136 Å². The van der Waals surface area contributed by atoms with Gasteiger partial charge in [0.15, 0.2) is 5.58 Å². The molecule has 0 bridgehead atoms. The Hall–Kier alpha value is -9.32. The summed E-state index contributed by atoms with van der Waals surface area (Å²) in [6, 6.07) is 84.7. The summed E-state index contributed by atoms with van der Waals surface area (Å²) in [5, 5.41) is 18.6. The Morgan fingerprint density at radius 2 is 0.823 bits per heavy atom. The zero-order chi connectivity index (χ0) is 52.4. The van der Waals surface area contributed by atoms with Crippen LogP contribution >= 0.6 is 0 Å². The van der Waals surface area contributed by atoms with E-state index in [0.717, 1.165) is 141 Å². The highest BCUT2D eigenvalue weighted by atomic mass is 16.3. The van der Waals surface area contributed by atoms with Crippen LogP contribution in [-0.2, 0) is 0 Å². The smallest absolute Gasteiger partial charge is 0.159 e. The summed E-state index contributed by atoms with van der Waals surface area (Å²) in [7, 11) is 0. The van der Waals surface area contributed by atoms with Crippen LogP contribution in [0.25, 0.3) is 88.0 Å². The fraction of sp³-hybridized carbons (Fsp3) is 0.135. The van der Waals surface area contributed by atoms with E-state index in [-0.39, 0.29) is 0 Å². The predicted molar refractivity (Wildman–Crippen MR) is 328 cm³/mol. The molecule has 5 nitrogen and oxygen atoms in total. The van der Waals surface area contributed by atoms with E-state index in [2.05, 4.69) is 246 Å². The van der Waals surface area contributed by atoms with Gasteiger partial charge in [0.25, 0.3) is 0 Å². The fourth-order valence-electron chi connectivity index (χ4n) is 13.4. The molecule has 2 aliphatic carbocycles. The molecule has 15 rings (SSSR count). The van der Waals surface area contributed by atoms with Gasteiger partial charge in [-0.25, -0.2) is 0 Å². The number of nitrogens with zero attached hydrogens (tertiary/aromatic N) is 2. The van der Waals surface area contributed by atoms with Gasteiger partial charge < -0.3 is 23.7 Å². The number of rotatable bonds is 11. The van der Waals surface area contributed by atoms with Gasteiger partial charge in [-0.1, -0.05) is 196 Å². The molecule has 79 heavy (non-hydrogen) atoms. The normalized spacial score (nSPS) is 14.1. The molecule has 0 spiro atoms. The van der Waals surface area contributed by atoms with E-state index >= 15 is 0 Å². The Bertz CT molecular complexity index is 4430. The number of benzene rings is 11. The first kappa shape index (κ1) is 46.9. The van der Waals surface area contributed by atoms with E-state index < -0.39 is 0 Å². The van der Waals surface area contributed by atoms with Gasteiger partial charge in [0.2, 0.25) is 0 Å². The third kappa shape index (κ3) is 8.23. The predicted octanol–water partition coefficient (Wildman–Crippen LogP) is 21.6. The lowest BCUT2D eigenvalue weighted by atomic mass is 9.92. The van der Waals surface area contributed by atoms with Gasteiger partial charge >= 0.3 is 0 Å². The highest BCUT2D eigenvalue weighted by molar-refractivity contribution is 6.23. The van der Waals surface area contributed by atoms with Crippen molar-refractivity contribution in [3.8, 4) is 39.1 Å². The highest BCUT2D eigenvalue weighted by Gasteiger charge is 2.28. The van der Waals surface area contributed by atoms with Gasteiger partial charge in [-0.3, -0.25) is 0 Å². The molecule has 382 valence electrons. The van der Waals surface area contributed by atoms with Crippen molar-refractivity contribution in [3.05, 3.63) is 248 Å². The molecule has 0 amide bonds. The van der Waals surface area contributed by atoms with Gasteiger partial charge in [0, 0.05) is 61.7 Å². The number of phenolic OH excluding ortho intramolecular Hbond substituents is 1. The minimum Gasteiger partial charge on any atom is -0.507 e. The number of hydrogen-bond acceptors (Lipinski definition) is 5. The average molecular weight is 1020 g/mol. The largest absolute Gasteiger partial charge is 0.507 e. The van der Waals surface area contributed by atoms with Crippen molar-refractivity contribution in [2.24, 2.45) is 0 Å². The first-order chi connectivity index (χ1) is 39.1. The SMILES string of the molecule is Oc1c(-c2cccc(N(c3cccc(-c4ccccc4)c3)c3cc4oc5cc(N(c6cccc(-c7ccccc7)c6)c6cccc7c6oc6c(C8CCCC8)cccc67)ccc5c4c4ccccc34)c2)cccc1C1CCCC1. The maximum atomic E-state index is 12.0. The molecular weight excluding hydrogens is 965 g/mol. The maximum absolute atomic E-state index is 12.0. The van der Waals surface area contributed by atoms with E-state index in [4.69, 9.17) is 8.83 Å². The van der Waals surface area contributed by atoms with Crippen molar-refractivity contribution in [1.82, 2.24) is 0 Å². The average Bonchev–Trinajstić information content (AvgIpc) is 4.57. The van der Waals surface area contributed by atoms with Crippen LogP contribution in [0.5, 0.6) is 5.75 Å². The van der Waals surface area contributed by atoms with Crippen LogP contribution in [0.2, 0.25) is 0 Å². The molecule has 1 N–H and O–H groups in total. The van der Waals surface area contributed by atoms with Crippen molar-refractivity contribution in [3.63, 3.8) is 0 Å². The standard InChI is InChI=1S/C74H58N2O3/c77-72-59(50-23-7-8-24-50)35-16-36-60(72)54-29-15-32-57(45-54)76(56-31-14-28-53(44-56)49-21-5-2-6-22-49)68-47-70-71(63-34-12-11-33-62(63)68)66-42-41-58(46-69(66)78-70)75(55-30-13-27-52(43-55)48-19-3-1-4-20-48)67-40-18-39-65-64-38-17-37-61(51-25-9-10-26-51)73(64)79-74(65)67/h1-6,11-22,27-47,50-51,77H,7-10,23-26H2. The quantitative estimate of drug-likeness (QED) is 0.140. The molecule has 2 saturated carbocycles. The zero-order valence-electron chi connectivity index (χ0n) is 44.0. The van der Waals surface area contributed by atoms with Gasteiger partial charge in [0.05, 0.1) is 17.1 Å². The Kier molecular flexibility index (Phi) is 11.6. The maximum Gasteiger partial charge on any atom is 0.159 e. The minimum atomic E-state index is 0.382. The van der Waals surface area contributed by atoms with Crippen molar-refractivity contribution in [1.29, 1.82) is 0 Å². The molecule has 0 unspecified atom stereocenters. The number of aromatic hydroxyl groups is 1. The summed E-state index contributed by atoms with van der Waals surface area (Å²) in [6.45, 7) is 0. The van der Waals surface area contributed by atoms with Gasteiger partial charge in [-0.2, -0.15) is 0 Å². The van der Waals surface area contributed by atoms with E-state index in [9.17, 15) is 5.11 Å². The lowest BCUT2D eigenvalue weighted by Crippen LogP contribution is -2.11. The molecule has 2 fully saturated rings. The number of furan rings is 2. The van der Waals surface area contributed by atoms with Crippen LogP contribution in [0.1, 0.15) is 74.3 Å². The van der Waals surface area contributed by atoms with Crippen LogP contribution in [0.4, 0.5) is 34.1 Å². The van der Waals surface area contributed by atoms with Crippen molar-refractivity contribution in [2.75, 3.05) is 9.80 Å². The van der Waals surface area contributed by atoms with E-state index in [1.807, 2.05) is 0 Å². The molecular formula is C74H58N2O3. The molecule has 2 aromatic heterocycles. The summed E-state index contributed by atoms with van der Waals surface area (Å²) in [5.41, 5.74) is 18.1. The molecule has 5 heteroatoms. The molecule has 13 aromatic rings. The highest BCUT2D eigenvalue weighted by Crippen LogP contribution is 2.50. The second-order valence-electron chi connectivity index (χ2n) is 21.8. The summed E-state index contributed by atoms with van der Waals surface area (Å²) in [5.74, 6) is 1.28. The minimum absolute atomic E-state index is 0.382. The van der Waals surface area contributed by atoms with Crippen LogP contribution in [-0.4, -0.2) is 5.11 Å². The molecule has 0 radical (unpaired) electrons. The first-order valence-corrected chi connectivity index (χ1v) is 28.3. The van der Waals surface area contributed by atoms with Gasteiger partial charge in [0.1, 0.15) is 22.5 Å². The lowest BCUT2D eigenvalue weighted by molar-refractivity contribution is 0.463. The van der Waals surface area contributed by atoms with Crippen LogP contribution in [0, 0.1) is 0 Å². The first-order valence-electron chi connectivity index (χ1n) is 28.3. The Labute approximate surface area is 460 Å². The number of para-hydroxylation sites is 3. The van der Waals surface area contributed by atoms with E-state index in [0.29, 0.717) is 17.6 Å². The lowest BCUT2D eigenvalue weighted by Gasteiger charge is -2.28. The van der Waals surface area contributed by atoms with Crippen molar-refractivity contribution >= 4 is 88.8 Å². The number of fused-ring (bicyclic) bond motifs is 8. The molecule has 0 aliphatic heterocycles. The third-order valence-electron chi connectivity index (χ3n) is 17.2. The third-order valence-corrected chi connectivity index (χ3v) is 17.2. The summed E-state index contributed by atoms with van der Waals surface area (Å²) < 4.78 is 14.4. The number of phenols is 1. The molecule has 11 aromatic carbocycles. The summed E-state index contributed by atoms with van der Waals surface area (Å²) in [4.78, 5) is 4.71. The molecule has 2 heterocycles. The van der Waals surface area contributed by atoms with E-state index in [1.165, 1.54) is 44.1 Å². The van der Waals surface area contributed by atoms with Gasteiger partial charge in [-0.15, -0.1) is 0 Å².